The Morgan fingerprint density at radius 1 is 1.25 bits per heavy atom. The van der Waals surface area contributed by atoms with Gasteiger partial charge in [0.1, 0.15) is 0 Å². The molecule has 0 aliphatic rings. The lowest BCUT2D eigenvalue weighted by Gasteiger charge is -2.37. The first-order valence-electron chi connectivity index (χ1n) is 9.25. The molecule has 0 saturated heterocycles. The number of benzene rings is 1. The van der Waals surface area contributed by atoms with Crippen LogP contribution < -0.4 is 5.32 Å². The summed E-state index contributed by atoms with van der Waals surface area (Å²) in [5.74, 6) is 0.475. The summed E-state index contributed by atoms with van der Waals surface area (Å²) in [4.78, 5) is 0. The van der Waals surface area contributed by atoms with Gasteiger partial charge in [0.05, 0.1) is 0 Å². The van der Waals surface area contributed by atoms with Crippen LogP contribution in [-0.2, 0) is 12.8 Å². The molecule has 1 rings (SSSR count). The van der Waals surface area contributed by atoms with Crippen LogP contribution in [0, 0.1) is 5.92 Å². The summed E-state index contributed by atoms with van der Waals surface area (Å²) in [6, 6.07) is 6.77. The molecule has 0 fully saturated rings. The van der Waals surface area contributed by atoms with Crippen LogP contribution in [0.25, 0.3) is 6.08 Å². The summed E-state index contributed by atoms with van der Waals surface area (Å²) in [7, 11) is 2.08. The average Bonchev–Trinajstić information content (AvgIpc) is 2.61. The molecule has 0 aromatic heterocycles. The molecule has 1 N–H and O–H groups in total. The molecular weight excluding hydrogens is 290 g/mol. The molecule has 1 aromatic carbocycles. The third kappa shape index (κ3) is 5.49. The summed E-state index contributed by atoms with van der Waals surface area (Å²) in [6.45, 7) is 14.6. The molecule has 0 aliphatic carbocycles. The number of hydrogen-bond donors (Lipinski definition) is 1. The maximum atomic E-state index is 4.00. The van der Waals surface area contributed by atoms with Crippen LogP contribution in [0.4, 0.5) is 0 Å². The summed E-state index contributed by atoms with van der Waals surface area (Å²) in [5.41, 5.74) is 4.03. The minimum absolute atomic E-state index is 0.0127. The van der Waals surface area contributed by atoms with E-state index in [1.165, 1.54) is 16.7 Å². The van der Waals surface area contributed by atoms with Gasteiger partial charge in [-0.25, -0.2) is 0 Å². The highest BCUT2D eigenvalue weighted by Crippen LogP contribution is 2.30. The number of nitrogens with one attached hydrogen (secondary N) is 1. The summed E-state index contributed by atoms with van der Waals surface area (Å²) >= 11 is 0. The zero-order valence-corrected chi connectivity index (χ0v) is 16.1. The maximum Gasteiger partial charge on any atom is 0.0253 e. The molecule has 0 spiro atoms. The third-order valence-electron chi connectivity index (χ3n) is 5.07. The zero-order chi connectivity index (χ0) is 18.0. The standard InChI is InChI=1S/C23H35N/c1-7-11-13-22(14-12-8-2)23(5,24-6)18-21-17-19(9-3)15-16-20(21)10-4/h7,10,12,14-17,22,24H,1,4,8-9,11,13,18H2,2-3,5-6H3/b14-12+. The Hall–Kier alpha value is -1.60. The lowest BCUT2D eigenvalue weighted by molar-refractivity contribution is 0.274. The van der Waals surface area contributed by atoms with E-state index >= 15 is 0 Å². The van der Waals surface area contributed by atoms with E-state index in [0.29, 0.717) is 5.92 Å². The van der Waals surface area contributed by atoms with E-state index in [1.807, 2.05) is 12.2 Å². The molecule has 0 bridgehead atoms. The molecule has 1 heteroatoms. The van der Waals surface area contributed by atoms with Crippen LogP contribution in [0.2, 0.25) is 0 Å². The smallest absolute Gasteiger partial charge is 0.0253 e. The van der Waals surface area contributed by atoms with Crippen LogP contribution in [0.5, 0.6) is 0 Å². The zero-order valence-electron chi connectivity index (χ0n) is 16.1. The third-order valence-corrected chi connectivity index (χ3v) is 5.07. The molecule has 0 saturated carbocycles. The average molecular weight is 326 g/mol. The highest BCUT2D eigenvalue weighted by molar-refractivity contribution is 5.53. The molecule has 0 aliphatic heterocycles. The van der Waals surface area contributed by atoms with Crippen molar-refractivity contribution in [1.29, 1.82) is 0 Å². The lowest BCUT2D eigenvalue weighted by Crippen LogP contribution is -2.48. The molecule has 0 heterocycles. The predicted molar refractivity (Wildman–Crippen MR) is 109 cm³/mol. The first kappa shape index (κ1) is 20.4. The highest BCUT2D eigenvalue weighted by atomic mass is 14.9. The minimum Gasteiger partial charge on any atom is -0.314 e. The Bertz CT molecular complexity index is 555. The number of aryl methyl sites for hydroxylation is 1. The highest BCUT2D eigenvalue weighted by Gasteiger charge is 2.31. The van der Waals surface area contributed by atoms with Crippen LogP contribution in [-0.4, -0.2) is 12.6 Å². The Morgan fingerprint density at radius 2 is 2.00 bits per heavy atom. The minimum atomic E-state index is 0.0127. The Kier molecular flexibility index (Phi) is 8.78. The first-order valence-corrected chi connectivity index (χ1v) is 9.25. The van der Waals surface area contributed by atoms with Gasteiger partial charge >= 0.3 is 0 Å². The molecule has 1 nitrogen and oxygen atoms in total. The van der Waals surface area contributed by atoms with E-state index in [1.54, 1.807) is 0 Å². The Balaban J connectivity index is 3.18. The van der Waals surface area contributed by atoms with Gasteiger partial charge in [0.2, 0.25) is 0 Å². The quantitative estimate of drug-likeness (QED) is 0.495. The van der Waals surface area contributed by atoms with Crippen molar-refractivity contribution in [3.63, 3.8) is 0 Å². The number of hydrogen-bond acceptors (Lipinski definition) is 1. The van der Waals surface area contributed by atoms with Crippen molar-refractivity contribution in [2.75, 3.05) is 7.05 Å². The van der Waals surface area contributed by atoms with Gasteiger partial charge in [-0.3, -0.25) is 0 Å². The van der Waals surface area contributed by atoms with Gasteiger partial charge in [-0.15, -0.1) is 6.58 Å². The van der Waals surface area contributed by atoms with E-state index in [0.717, 1.165) is 32.1 Å². The predicted octanol–water partition coefficient (Wildman–Crippen LogP) is 5.96. The van der Waals surface area contributed by atoms with Crippen molar-refractivity contribution in [3.05, 3.63) is 66.3 Å². The second-order valence-electron chi connectivity index (χ2n) is 6.74. The Labute approximate surface area is 149 Å². The number of likely N-dealkylation sites (N-methyl/N-ethyl adjacent to an activating group) is 1. The van der Waals surface area contributed by atoms with Crippen molar-refractivity contribution in [2.45, 2.75) is 58.4 Å². The summed E-state index contributed by atoms with van der Waals surface area (Å²) < 4.78 is 0. The van der Waals surface area contributed by atoms with E-state index in [-0.39, 0.29) is 5.54 Å². The molecule has 0 radical (unpaired) electrons. The summed E-state index contributed by atoms with van der Waals surface area (Å²) in [6.07, 6.45) is 14.0. The number of allylic oxidation sites excluding steroid dienone is 2. The maximum absolute atomic E-state index is 4.00. The van der Waals surface area contributed by atoms with Gasteiger partial charge < -0.3 is 5.32 Å². The molecule has 0 amide bonds. The fourth-order valence-corrected chi connectivity index (χ4v) is 3.26. The topological polar surface area (TPSA) is 12.0 Å². The second-order valence-corrected chi connectivity index (χ2v) is 6.74. The van der Waals surface area contributed by atoms with E-state index in [2.05, 4.69) is 76.6 Å². The fourth-order valence-electron chi connectivity index (χ4n) is 3.26. The van der Waals surface area contributed by atoms with Crippen LogP contribution in [0.1, 0.15) is 56.7 Å². The second kappa shape index (κ2) is 10.3. The fraction of sp³-hybridized carbons (Fsp3) is 0.478. The van der Waals surface area contributed by atoms with Gasteiger partial charge in [-0.1, -0.05) is 62.9 Å². The van der Waals surface area contributed by atoms with Crippen LogP contribution in [0.3, 0.4) is 0 Å². The van der Waals surface area contributed by atoms with E-state index < -0.39 is 0 Å². The van der Waals surface area contributed by atoms with Crippen molar-refractivity contribution in [1.82, 2.24) is 5.32 Å². The van der Waals surface area contributed by atoms with Crippen molar-refractivity contribution >= 4 is 6.08 Å². The van der Waals surface area contributed by atoms with Crippen LogP contribution in [0.15, 0.2) is 49.6 Å². The monoisotopic (exact) mass is 325 g/mol. The van der Waals surface area contributed by atoms with E-state index in [4.69, 9.17) is 0 Å². The molecular formula is C23H35N. The molecule has 2 unspecified atom stereocenters. The summed E-state index contributed by atoms with van der Waals surface area (Å²) in [5, 5.41) is 3.61. The van der Waals surface area contributed by atoms with Gasteiger partial charge in [-0.2, -0.15) is 0 Å². The molecule has 132 valence electrons. The van der Waals surface area contributed by atoms with Gasteiger partial charge in [-0.05, 0) is 68.7 Å². The molecule has 1 aromatic rings. The molecule has 24 heavy (non-hydrogen) atoms. The van der Waals surface area contributed by atoms with Gasteiger partial charge in [0.15, 0.2) is 0 Å². The van der Waals surface area contributed by atoms with Crippen molar-refractivity contribution < 1.29 is 0 Å². The van der Waals surface area contributed by atoms with Crippen molar-refractivity contribution in [2.24, 2.45) is 5.92 Å². The van der Waals surface area contributed by atoms with Crippen LogP contribution >= 0.6 is 0 Å². The largest absolute Gasteiger partial charge is 0.314 e. The van der Waals surface area contributed by atoms with Gasteiger partial charge in [0.25, 0.3) is 0 Å². The SMILES string of the molecule is C=CCCC(/C=C/CC)C(C)(Cc1cc(CC)ccc1C=C)NC. The number of rotatable bonds is 11. The normalized spacial score (nSPS) is 15.2. The Morgan fingerprint density at radius 3 is 2.54 bits per heavy atom. The molecule has 2 atom stereocenters. The van der Waals surface area contributed by atoms with Crippen molar-refractivity contribution in [3.8, 4) is 0 Å². The lowest BCUT2D eigenvalue weighted by atomic mass is 9.76. The van der Waals surface area contributed by atoms with Gasteiger partial charge in [0, 0.05) is 5.54 Å². The first-order chi connectivity index (χ1) is 11.5. The van der Waals surface area contributed by atoms with E-state index in [9.17, 15) is 0 Å².